The smallest absolute Gasteiger partial charge is 0.723 e. The van der Waals surface area contributed by atoms with Crippen LogP contribution in [-0.2, 0) is 68.2 Å². The normalized spacial score (nSPS) is 11.4. The summed E-state index contributed by atoms with van der Waals surface area (Å²) in [5.41, 5.74) is -1.05. The largest absolute Gasteiger partial charge is 4.00 e. The van der Waals surface area contributed by atoms with Crippen LogP contribution in [0, 0.1) is 0 Å². The third kappa shape index (κ3) is 38.8. The summed E-state index contributed by atoms with van der Waals surface area (Å²) in [5.74, 6) is 7.40. The van der Waals surface area contributed by atoms with Gasteiger partial charge in [-0.15, -0.1) is 0 Å². The van der Waals surface area contributed by atoms with Crippen molar-refractivity contribution in [3.63, 3.8) is 0 Å². The molecule has 0 aliphatic heterocycles. The maximum absolute atomic E-state index is 11.2. The zero-order chi connectivity index (χ0) is 77.7. The third-order valence-corrected chi connectivity index (χ3v) is 16.7. The zero-order valence-corrected chi connectivity index (χ0v) is 71.2. The van der Waals surface area contributed by atoms with E-state index in [0.29, 0.717) is 171 Å². The molecule has 0 bridgehead atoms. The SMILES string of the molecule is CCCCOc1cc(C(C)(C)O[O-])cc(OCCCC)c1OCCCC.CCCCOc1cc(C(C)(C)O[O-])cc(OCCCC)c1OCCCC.CCCCOc1cc(C(C)(C)O[O-])cc(OCCCC)c1OCCCC.CCCCOc1cc(C(C)(C)O[O-])cc(OCCCC)c1OCCCC.[Zr+4]. The van der Waals surface area contributed by atoms with Crippen molar-refractivity contribution in [2.75, 3.05) is 79.3 Å². The molecule has 600 valence electrons. The summed E-state index contributed by atoms with van der Waals surface area (Å²) in [4.78, 5) is 17.7. The molecule has 0 aliphatic rings. The van der Waals surface area contributed by atoms with Crippen molar-refractivity contribution in [2.45, 2.75) is 315 Å². The first-order valence-corrected chi connectivity index (χ1v) is 39.5. The van der Waals surface area contributed by atoms with Crippen LogP contribution in [0.3, 0.4) is 0 Å². The first-order valence-electron chi connectivity index (χ1n) is 39.5. The van der Waals surface area contributed by atoms with Crippen LogP contribution in [-0.4, -0.2) is 79.3 Å². The third-order valence-electron chi connectivity index (χ3n) is 16.7. The predicted molar refractivity (Wildman–Crippen MR) is 407 cm³/mol. The van der Waals surface area contributed by atoms with Gasteiger partial charge in [-0.05, 0) is 203 Å². The fourth-order valence-corrected chi connectivity index (χ4v) is 9.20. The van der Waals surface area contributed by atoms with E-state index in [1.165, 1.54) is 0 Å². The molecule has 105 heavy (non-hydrogen) atoms. The van der Waals surface area contributed by atoms with Crippen molar-refractivity contribution in [1.29, 1.82) is 0 Å². The van der Waals surface area contributed by atoms with Gasteiger partial charge in [0, 0.05) is 0 Å². The number of hydrogen-bond donors (Lipinski definition) is 0. The number of benzene rings is 4. The Labute approximate surface area is 653 Å². The maximum Gasteiger partial charge on any atom is 4.00 e. The number of ether oxygens (including phenoxy) is 12. The Bertz CT molecular complexity index is 2310. The van der Waals surface area contributed by atoms with E-state index in [1.807, 2.05) is 48.5 Å². The Morgan fingerprint density at radius 3 is 0.400 bits per heavy atom. The van der Waals surface area contributed by atoms with Crippen LogP contribution in [0.15, 0.2) is 48.5 Å². The molecule has 0 atom stereocenters. The van der Waals surface area contributed by atoms with Crippen molar-refractivity contribution in [1.82, 2.24) is 0 Å². The topological polar surface area (TPSA) is 240 Å². The molecule has 21 heteroatoms. The minimum Gasteiger partial charge on any atom is -0.723 e. The molecule has 0 radical (unpaired) electrons. The molecular formula is C84H140O20Zr. The molecule has 0 saturated heterocycles. The minimum atomic E-state index is -0.978. The van der Waals surface area contributed by atoms with Crippen LogP contribution in [0.5, 0.6) is 69.0 Å². The molecule has 4 rings (SSSR count). The molecule has 20 nitrogen and oxygen atoms in total. The minimum absolute atomic E-state index is 0. The number of unbranched alkanes of at least 4 members (excludes halogenated alkanes) is 12. The average molecular weight is 1560 g/mol. The molecule has 4 aromatic carbocycles. The molecule has 0 amide bonds. The van der Waals surface area contributed by atoms with Crippen molar-refractivity contribution >= 4 is 0 Å². The summed E-state index contributed by atoms with van der Waals surface area (Å²) < 4.78 is 71.8. The molecule has 0 fully saturated rings. The van der Waals surface area contributed by atoms with Gasteiger partial charge in [0.25, 0.3) is 0 Å². The molecule has 0 unspecified atom stereocenters. The van der Waals surface area contributed by atoms with E-state index >= 15 is 0 Å². The van der Waals surface area contributed by atoms with Crippen LogP contribution in [0.4, 0.5) is 0 Å². The summed E-state index contributed by atoms with van der Waals surface area (Å²) in [5, 5.41) is 44.7. The van der Waals surface area contributed by atoms with E-state index in [0.717, 1.165) is 154 Å². The van der Waals surface area contributed by atoms with Gasteiger partial charge in [0.2, 0.25) is 23.0 Å². The second kappa shape index (κ2) is 59.0. The first-order chi connectivity index (χ1) is 50.0. The van der Waals surface area contributed by atoms with E-state index in [-0.39, 0.29) is 26.2 Å². The zero-order valence-electron chi connectivity index (χ0n) is 68.7. The molecular weight excluding hydrogens is 1420 g/mol. The molecule has 0 heterocycles. The Balaban J connectivity index is 0.00000137. The second-order valence-corrected chi connectivity index (χ2v) is 28.0. The van der Waals surface area contributed by atoms with Gasteiger partial charge in [-0.3, -0.25) is 0 Å². The van der Waals surface area contributed by atoms with E-state index in [1.54, 1.807) is 55.4 Å². The fraction of sp³-hybridized carbons (Fsp3) is 0.714. The first kappa shape index (κ1) is 100. The number of rotatable bonds is 56. The van der Waals surface area contributed by atoms with Gasteiger partial charge in [0.1, 0.15) is 0 Å². The summed E-state index contributed by atoms with van der Waals surface area (Å²) in [7, 11) is 0. The van der Waals surface area contributed by atoms with E-state index < -0.39 is 22.4 Å². The summed E-state index contributed by atoms with van der Waals surface area (Å²) in [6.07, 6.45) is 24.0. The van der Waals surface area contributed by atoms with Crippen LogP contribution >= 0.6 is 0 Å². The van der Waals surface area contributed by atoms with Crippen LogP contribution in [0.25, 0.3) is 0 Å². The standard InChI is InChI=1S/4C21H36O5.Zr/c4*1-6-9-12-23-18-15-17(21(4,5)26-22)16-19(24-13-10-7-2)20(18)25-14-11-8-3;/h4*15-16,22H,6-14H2,1-5H3;/q;;;;+4/p-4. The molecule has 0 spiro atoms. The fourth-order valence-electron chi connectivity index (χ4n) is 9.20. The van der Waals surface area contributed by atoms with Crippen LogP contribution < -0.4 is 77.9 Å². The van der Waals surface area contributed by atoms with Crippen molar-refractivity contribution in [3.8, 4) is 69.0 Å². The second-order valence-electron chi connectivity index (χ2n) is 28.0. The molecule has 0 N–H and O–H groups in total. The molecule has 4 aromatic rings. The Morgan fingerprint density at radius 1 is 0.200 bits per heavy atom. The predicted octanol–water partition coefficient (Wildman–Crippen LogP) is 19.0. The Kier molecular flexibility index (Phi) is 56.2. The maximum atomic E-state index is 11.2. The summed E-state index contributed by atoms with van der Waals surface area (Å²) in [6, 6.07) is 14.7. The molecule has 0 aromatic heterocycles. The summed E-state index contributed by atoms with van der Waals surface area (Å²) in [6.45, 7) is 46.5. The van der Waals surface area contributed by atoms with E-state index in [4.69, 9.17) is 56.8 Å². The molecule has 0 aliphatic carbocycles. The van der Waals surface area contributed by atoms with Gasteiger partial charge in [0.05, 0.1) is 102 Å². The monoisotopic (exact) mass is 1560 g/mol. The van der Waals surface area contributed by atoms with Gasteiger partial charge in [-0.2, -0.15) is 0 Å². The average Bonchev–Trinajstić information content (AvgIpc) is 0.823. The van der Waals surface area contributed by atoms with Gasteiger partial charge in [0.15, 0.2) is 46.0 Å². The van der Waals surface area contributed by atoms with Crippen molar-refractivity contribution in [2.24, 2.45) is 0 Å². The van der Waals surface area contributed by atoms with Crippen molar-refractivity contribution in [3.05, 3.63) is 70.8 Å². The van der Waals surface area contributed by atoms with Crippen molar-refractivity contribution < 1.29 is 124 Å². The van der Waals surface area contributed by atoms with E-state index in [9.17, 15) is 21.0 Å². The van der Waals surface area contributed by atoms with E-state index in [2.05, 4.69) is 103 Å². The Morgan fingerprint density at radius 2 is 0.305 bits per heavy atom. The molecule has 0 saturated carbocycles. The quantitative estimate of drug-likeness (QED) is 0.0227. The number of hydrogen-bond acceptors (Lipinski definition) is 20. The van der Waals surface area contributed by atoms with Gasteiger partial charge in [-0.25, -0.2) is 0 Å². The van der Waals surface area contributed by atoms with Gasteiger partial charge >= 0.3 is 26.2 Å². The van der Waals surface area contributed by atoms with Gasteiger partial charge < -0.3 is 97.4 Å². The van der Waals surface area contributed by atoms with Crippen LogP contribution in [0.1, 0.15) is 315 Å². The summed E-state index contributed by atoms with van der Waals surface area (Å²) >= 11 is 0. The van der Waals surface area contributed by atoms with Crippen LogP contribution in [0.2, 0.25) is 0 Å². The Hall–Kier alpha value is -4.96. The van der Waals surface area contributed by atoms with Gasteiger partial charge in [-0.1, -0.05) is 160 Å².